The van der Waals surface area contributed by atoms with E-state index in [0.29, 0.717) is 28.1 Å². The van der Waals surface area contributed by atoms with Crippen LogP contribution in [0.3, 0.4) is 0 Å². The van der Waals surface area contributed by atoms with Crippen LogP contribution in [0.1, 0.15) is 39.6 Å². The molecule has 0 saturated carbocycles. The van der Waals surface area contributed by atoms with E-state index >= 15 is 0 Å². The molecular formula is C32H28N4O6S. The maximum atomic E-state index is 13.3. The normalized spacial score (nSPS) is 11.7. The maximum Gasteiger partial charge on any atom is 0.339 e. The molecule has 0 bridgehead atoms. The smallest absolute Gasteiger partial charge is 0.339 e. The van der Waals surface area contributed by atoms with Crippen LogP contribution in [0.25, 0.3) is 6.08 Å². The summed E-state index contributed by atoms with van der Waals surface area (Å²) in [6.07, 6.45) is 5.15. The zero-order valence-corrected chi connectivity index (χ0v) is 23.8. The molecule has 218 valence electrons. The number of carbonyl (C=O) groups excluding carboxylic acids is 3. The number of rotatable bonds is 11. The first-order valence-corrected chi connectivity index (χ1v) is 14.0. The Kier molecular flexibility index (Phi) is 10.3. The molecule has 11 heteroatoms. The fraction of sp³-hybridized carbons (Fsp3) is 0.0938. The zero-order chi connectivity index (χ0) is 30.8. The third-order valence-corrected chi connectivity index (χ3v) is 7.41. The fourth-order valence-corrected chi connectivity index (χ4v) is 4.92. The highest BCUT2D eigenvalue weighted by Gasteiger charge is 2.20. The van der Waals surface area contributed by atoms with Gasteiger partial charge < -0.3 is 26.2 Å². The topological polar surface area (TPSA) is 158 Å². The SMILES string of the molecule is CCC(Sc1cccc(NC(=O)/C(=C/c2cccnc2)NC(=O)c2ccccc2)c1)C(=O)Nc1ccc(O)c(C(=O)O)c1. The molecule has 0 aliphatic heterocycles. The predicted molar refractivity (Wildman–Crippen MR) is 165 cm³/mol. The van der Waals surface area contributed by atoms with E-state index in [-0.39, 0.29) is 22.9 Å². The van der Waals surface area contributed by atoms with Gasteiger partial charge in [0.1, 0.15) is 17.0 Å². The van der Waals surface area contributed by atoms with Gasteiger partial charge in [-0.3, -0.25) is 19.4 Å². The Bertz CT molecular complexity index is 1660. The van der Waals surface area contributed by atoms with Crippen molar-refractivity contribution in [2.24, 2.45) is 0 Å². The fourth-order valence-electron chi connectivity index (χ4n) is 3.91. The number of nitrogens with one attached hydrogen (secondary N) is 3. The molecule has 1 atom stereocenters. The van der Waals surface area contributed by atoms with Crippen LogP contribution in [0.5, 0.6) is 5.75 Å². The summed E-state index contributed by atoms with van der Waals surface area (Å²) in [5, 5.41) is 26.6. The van der Waals surface area contributed by atoms with Crippen molar-refractivity contribution in [3.63, 3.8) is 0 Å². The summed E-state index contributed by atoms with van der Waals surface area (Å²) in [5.41, 5.74) is 1.39. The predicted octanol–water partition coefficient (Wildman–Crippen LogP) is 5.40. The van der Waals surface area contributed by atoms with Crippen LogP contribution in [0.15, 0.2) is 108 Å². The number of thioether (sulfide) groups is 1. The number of anilines is 2. The molecule has 0 aliphatic rings. The van der Waals surface area contributed by atoms with Gasteiger partial charge in [-0.05, 0) is 72.7 Å². The van der Waals surface area contributed by atoms with Gasteiger partial charge in [-0.25, -0.2) is 4.79 Å². The first-order chi connectivity index (χ1) is 20.7. The highest BCUT2D eigenvalue weighted by atomic mass is 32.2. The summed E-state index contributed by atoms with van der Waals surface area (Å²) >= 11 is 1.27. The lowest BCUT2D eigenvalue weighted by Gasteiger charge is -2.16. The van der Waals surface area contributed by atoms with Crippen molar-refractivity contribution < 1.29 is 29.4 Å². The maximum absolute atomic E-state index is 13.3. The Morgan fingerprint density at radius 2 is 1.67 bits per heavy atom. The molecule has 0 radical (unpaired) electrons. The van der Waals surface area contributed by atoms with E-state index in [1.165, 1.54) is 36.0 Å². The molecule has 0 spiro atoms. The Morgan fingerprint density at radius 1 is 0.907 bits per heavy atom. The third kappa shape index (κ3) is 8.54. The molecule has 0 aliphatic carbocycles. The van der Waals surface area contributed by atoms with E-state index in [2.05, 4.69) is 20.9 Å². The number of pyridine rings is 1. The molecule has 1 heterocycles. The number of hydrogen-bond donors (Lipinski definition) is 5. The number of nitrogens with zero attached hydrogens (tertiary/aromatic N) is 1. The lowest BCUT2D eigenvalue weighted by atomic mass is 10.1. The van der Waals surface area contributed by atoms with Gasteiger partial charge in [0.05, 0.1) is 5.25 Å². The monoisotopic (exact) mass is 596 g/mol. The number of carboxylic acids is 1. The second-order valence-corrected chi connectivity index (χ2v) is 10.5. The molecule has 5 N–H and O–H groups in total. The number of phenols is 1. The van der Waals surface area contributed by atoms with Crippen molar-refractivity contribution in [3.05, 3.63) is 120 Å². The second-order valence-electron chi connectivity index (χ2n) is 9.19. The van der Waals surface area contributed by atoms with Gasteiger partial charge in [-0.15, -0.1) is 11.8 Å². The van der Waals surface area contributed by atoms with Gasteiger partial charge in [0.2, 0.25) is 5.91 Å². The van der Waals surface area contributed by atoms with E-state index in [9.17, 15) is 29.4 Å². The molecule has 3 amide bonds. The van der Waals surface area contributed by atoms with Gasteiger partial charge in [0.25, 0.3) is 11.8 Å². The first kappa shape index (κ1) is 30.5. The average Bonchev–Trinajstić information content (AvgIpc) is 3.01. The van der Waals surface area contributed by atoms with Gasteiger partial charge in [0.15, 0.2) is 0 Å². The van der Waals surface area contributed by atoms with Crippen LogP contribution in [0.2, 0.25) is 0 Å². The quantitative estimate of drug-likeness (QED) is 0.0874. The number of aromatic carboxylic acids is 1. The summed E-state index contributed by atoms with van der Waals surface area (Å²) in [5.74, 6) is -3.07. The summed E-state index contributed by atoms with van der Waals surface area (Å²) < 4.78 is 0. The highest BCUT2D eigenvalue weighted by molar-refractivity contribution is 8.00. The number of hydrogen-bond acceptors (Lipinski definition) is 7. The van der Waals surface area contributed by atoms with Gasteiger partial charge in [-0.2, -0.15) is 0 Å². The van der Waals surface area contributed by atoms with E-state index in [1.807, 2.05) is 6.92 Å². The van der Waals surface area contributed by atoms with Crippen LogP contribution < -0.4 is 16.0 Å². The summed E-state index contributed by atoms with van der Waals surface area (Å²) in [4.78, 5) is 55.3. The Hall–Kier alpha value is -5.42. The zero-order valence-electron chi connectivity index (χ0n) is 23.0. The minimum Gasteiger partial charge on any atom is -0.507 e. The van der Waals surface area contributed by atoms with Crippen molar-refractivity contribution in [2.75, 3.05) is 10.6 Å². The number of aromatic nitrogens is 1. The average molecular weight is 597 g/mol. The largest absolute Gasteiger partial charge is 0.507 e. The lowest BCUT2D eigenvalue weighted by molar-refractivity contribution is -0.116. The number of carbonyl (C=O) groups is 4. The van der Waals surface area contributed by atoms with Crippen molar-refractivity contribution >= 4 is 52.9 Å². The number of benzene rings is 3. The summed E-state index contributed by atoms with van der Waals surface area (Å²) in [6, 6.07) is 22.7. The molecular weight excluding hydrogens is 568 g/mol. The van der Waals surface area contributed by atoms with Gasteiger partial charge in [-0.1, -0.05) is 37.3 Å². The number of carboxylic acid groups (broad SMARTS) is 1. The van der Waals surface area contributed by atoms with Crippen molar-refractivity contribution in [2.45, 2.75) is 23.5 Å². The van der Waals surface area contributed by atoms with Crippen molar-refractivity contribution in [1.29, 1.82) is 0 Å². The van der Waals surface area contributed by atoms with E-state index in [1.54, 1.807) is 79.1 Å². The van der Waals surface area contributed by atoms with Crippen LogP contribution >= 0.6 is 11.8 Å². The molecule has 0 saturated heterocycles. The molecule has 1 unspecified atom stereocenters. The summed E-state index contributed by atoms with van der Waals surface area (Å²) in [6.45, 7) is 1.84. The lowest BCUT2D eigenvalue weighted by Crippen LogP contribution is -2.30. The molecule has 1 aromatic heterocycles. The first-order valence-electron chi connectivity index (χ1n) is 13.2. The standard InChI is InChI=1S/C32H28N4O6S/c1-2-28(31(40)35-23-13-14-27(37)25(18-23)32(41)42)43-24-12-6-11-22(17-24)34-30(39)26(16-20-8-7-15-33-19-20)36-29(38)21-9-4-3-5-10-21/h3-19,28,37H,2H2,1H3,(H,34,39)(H,35,40)(H,36,38)(H,41,42)/b26-16-. The molecule has 43 heavy (non-hydrogen) atoms. The Balaban J connectivity index is 1.48. The van der Waals surface area contributed by atoms with Crippen molar-refractivity contribution in [1.82, 2.24) is 10.3 Å². The molecule has 3 aromatic carbocycles. The van der Waals surface area contributed by atoms with E-state index < -0.39 is 28.8 Å². The minimum absolute atomic E-state index is 0.0142. The number of amides is 3. The van der Waals surface area contributed by atoms with Crippen LogP contribution in [0, 0.1) is 0 Å². The Morgan fingerprint density at radius 3 is 2.37 bits per heavy atom. The molecule has 10 nitrogen and oxygen atoms in total. The van der Waals surface area contributed by atoms with E-state index in [4.69, 9.17) is 0 Å². The third-order valence-electron chi connectivity index (χ3n) is 6.05. The highest BCUT2D eigenvalue weighted by Crippen LogP contribution is 2.29. The second kappa shape index (κ2) is 14.5. The van der Waals surface area contributed by atoms with Crippen LogP contribution in [-0.2, 0) is 9.59 Å². The molecule has 4 aromatic rings. The minimum atomic E-state index is -1.31. The molecule has 0 fully saturated rings. The van der Waals surface area contributed by atoms with Gasteiger partial charge in [0, 0.05) is 34.2 Å². The van der Waals surface area contributed by atoms with Gasteiger partial charge >= 0.3 is 5.97 Å². The Labute approximate surface area is 251 Å². The van der Waals surface area contributed by atoms with E-state index in [0.717, 1.165) is 0 Å². The van der Waals surface area contributed by atoms with Crippen LogP contribution in [-0.4, -0.2) is 44.1 Å². The summed E-state index contributed by atoms with van der Waals surface area (Å²) in [7, 11) is 0. The molecule has 4 rings (SSSR count). The van der Waals surface area contributed by atoms with Crippen molar-refractivity contribution in [3.8, 4) is 5.75 Å². The number of aromatic hydroxyl groups is 1. The van der Waals surface area contributed by atoms with Crippen LogP contribution in [0.4, 0.5) is 11.4 Å².